The number of phenolic OH excluding ortho intramolecular Hbond substituents is 1. The van der Waals surface area contributed by atoms with E-state index >= 15 is 0 Å². The first-order valence-electron chi connectivity index (χ1n) is 4.86. The van der Waals surface area contributed by atoms with Crippen molar-refractivity contribution in [3.63, 3.8) is 0 Å². The lowest BCUT2D eigenvalue weighted by molar-refractivity contribution is 0.388. The molecule has 0 fully saturated rings. The molecule has 1 rings (SSSR count). The molecule has 0 saturated carbocycles. The summed E-state index contributed by atoms with van der Waals surface area (Å²) in [4.78, 5) is 0. The number of hydrogen-bond acceptors (Lipinski definition) is 3. The van der Waals surface area contributed by atoms with Gasteiger partial charge in [0, 0.05) is 17.7 Å². The maximum atomic E-state index is 13.0. The Morgan fingerprint density at radius 1 is 1.53 bits per heavy atom. The monoisotopic (exact) mass is 213 g/mol. The third-order valence-corrected chi connectivity index (χ3v) is 2.40. The van der Waals surface area contributed by atoms with Crippen molar-refractivity contribution in [3.8, 4) is 11.5 Å². The first kappa shape index (κ1) is 11.8. The molecule has 84 valence electrons. The van der Waals surface area contributed by atoms with Crippen LogP contribution in [0.4, 0.5) is 4.39 Å². The molecule has 4 heteroatoms. The fourth-order valence-corrected chi connectivity index (χ4v) is 1.64. The summed E-state index contributed by atoms with van der Waals surface area (Å²) in [6.07, 6.45) is 0.718. The lowest BCUT2D eigenvalue weighted by Crippen LogP contribution is -2.06. The Labute approximate surface area is 88.7 Å². The zero-order chi connectivity index (χ0) is 11.4. The normalized spacial score (nSPS) is 12.5. The fraction of sp³-hybridized carbons (Fsp3) is 0.455. The summed E-state index contributed by atoms with van der Waals surface area (Å²) in [5.74, 6) is -0.167. The number of hydrogen-bond donors (Lipinski definition) is 2. The molecule has 0 bridgehead atoms. The summed E-state index contributed by atoms with van der Waals surface area (Å²) in [6.45, 7) is 2.43. The van der Waals surface area contributed by atoms with Crippen LogP contribution in [0, 0.1) is 5.82 Å². The zero-order valence-electron chi connectivity index (χ0n) is 8.96. The fourth-order valence-electron chi connectivity index (χ4n) is 1.64. The third-order valence-electron chi connectivity index (χ3n) is 2.40. The third kappa shape index (κ3) is 2.59. The van der Waals surface area contributed by atoms with Crippen LogP contribution in [-0.4, -0.2) is 18.8 Å². The van der Waals surface area contributed by atoms with Gasteiger partial charge in [-0.2, -0.15) is 0 Å². The van der Waals surface area contributed by atoms with Gasteiger partial charge in [0.2, 0.25) is 0 Å². The Bertz CT molecular complexity index is 342. The van der Waals surface area contributed by atoms with E-state index in [9.17, 15) is 9.50 Å². The minimum Gasteiger partial charge on any atom is -0.507 e. The van der Waals surface area contributed by atoms with Crippen molar-refractivity contribution in [3.05, 3.63) is 23.5 Å². The summed E-state index contributed by atoms with van der Waals surface area (Å²) in [6, 6.07) is 2.35. The van der Waals surface area contributed by atoms with Gasteiger partial charge in [0.15, 0.2) is 0 Å². The first-order chi connectivity index (χ1) is 7.10. The molecule has 15 heavy (non-hydrogen) atoms. The highest BCUT2D eigenvalue weighted by molar-refractivity contribution is 5.46. The predicted octanol–water partition coefficient (Wildman–Crippen LogP) is 1.99. The molecule has 1 aromatic rings. The molecule has 0 aliphatic heterocycles. The highest BCUT2D eigenvalue weighted by Crippen LogP contribution is 2.36. The van der Waals surface area contributed by atoms with Crippen molar-refractivity contribution in [2.45, 2.75) is 19.3 Å². The van der Waals surface area contributed by atoms with Crippen LogP contribution in [0.15, 0.2) is 12.1 Å². The van der Waals surface area contributed by atoms with Crippen molar-refractivity contribution >= 4 is 0 Å². The number of nitrogens with two attached hydrogens (primary N) is 1. The van der Waals surface area contributed by atoms with Gasteiger partial charge in [-0.15, -0.1) is 0 Å². The van der Waals surface area contributed by atoms with E-state index in [0.29, 0.717) is 17.9 Å². The number of aromatic hydroxyl groups is 1. The molecule has 0 amide bonds. The number of halogens is 1. The Kier molecular flexibility index (Phi) is 3.91. The number of phenols is 1. The van der Waals surface area contributed by atoms with Gasteiger partial charge in [-0.3, -0.25) is 0 Å². The Balaban J connectivity index is 3.14. The van der Waals surface area contributed by atoms with Crippen LogP contribution in [0.5, 0.6) is 11.5 Å². The molecular weight excluding hydrogens is 197 g/mol. The SMILES string of the molecule is COc1cc(F)cc(O)c1C(C)CCN. The van der Waals surface area contributed by atoms with E-state index < -0.39 is 5.82 Å². The average Bonchev–Trinajstić information content (AvgIpc) is 2.16. The van der Waals surface area contributed by atoms with Crippen molar-refractivity contribution < 1.29 is 14.2 Å². The molecule has 1 atom stereocenters. The Morgan fingerprint density at radius 3 is 2.73 bits per heavy atom. The van der Waals surface area contributed by atoms with Gasteiger partial charge in [0.05, 0.1) is 7.11 Å². The van der Waals surface area contributed by atoms with Gasteiger partial charge in [0.25, 0.3) is 0 Å². The smallest absolute Gasteiger partial charge is 0.130 e. The summed E-state index contributed by atoms with van der Waals surface area (Å²) < 4.78 is 18.0. The quantitative estimate of drug-likeness (QED) is 0.804. The van der Waals surface area contributed by atoms with Crippen LogP contribution in [0.1, 0.15) is 24.8 Å². The van der Waals surface area contributed by atoms with Crippen molar-refractivity contribution in [1.82, 2.24) is 0 Å². The van der Waals surface area contributed by atoms with Crippen molar-refractivity contribution in [2.24, 2.45) is 5.73 Å². The summed E-state index contributed by atoms with van der Waals surface area (Å²) in [7, 11) is 1.45. The lowest BCUT2D eigenvalue weighted by Gasteiger charge is -2.16. The average molecular weight is 213 g/mol. The summed E-state index contributed by atoms with van der Waals surface area (Å²) in [5.41, 5.74) is 6.06. The van der Waals surface area contributed by atoms with Crippen LogP contribution in [-0.2, 0) is 0 Å². The van der Waals surface area contributed by atoms with E-state index in [0.717, 1.165) is 12.5 Å². The molecule has 0 spiro atoms. The van der Waals surface area contributed by atoms with Crippen molar-refractivity contribution in [1.29, 1.82) is 0 Å². The van der Waals surface area contributed by atoms with E-state index in [4.69, 9.17) is 10.5 Å². The lowest BCUT2D eigenvalue weighted by atomic mass is 9.96. The molecule has 0 aliphatic carbocycles. The van der Waals surface area contributed by atoms with Crippen LogP contribution in [0.2, 0.25) is 0 Å². The highest BCUT2D eigenvalue weighted by atomic mass is 19.1. The number of rotatable bonds is 4. The predicted molar refractivity (Wildman–Crippen MR) is 56.7 cm³/mol. The highest BCUT2D eigenvalue weighted by Gasteiger charge is 2.17. The van der Waals surface area contributed by atoms with Gasteiger partial charge < -0.3 is 15.6 Å². The molecule has 1 aromatic carbocycles. The Hall–Kier alpha value is -1.29. The van der Waals surface area contributed by atoms with E-state index in [-0.39, 0.29) is 11.7 Å². The van der Waals surface area contributed by atoms with Gasteiger partial charge in [-0.25, -0.2) is 4.39 Å². The minimum absolute atomic E-state index is 0.0468. The Morgan fingerprint density at radius 2 is 2.20 bits per heavy atom. The van der Waals surface area contributed by atoms with E-state index in [1.807, 2.05) is 6.92 Å². The second-order valence-corrected chi connectivity index (χ2v) is 3.52. The molecule has 0 aromatic heterocycles. The van der Waals surface area contributed by atoms with Gasteiger partial charge in [-0.1, -0.05) is 6.92 Å². The molecule has 0 aliphatic rings. The van der Waals surface area contributed by atoms with Crippen molar-refractivity contribution in [2.75, 3.05) is 13.7 Å². The molecule has 0 saturated heterocycles. The molecular formula is C11H16FNO2. The topological polar surface area (TPSA) is 55.5 Å². The molecule has 3 N–H and O–H groups in total. The first-order valence-corrected chi connectivity index (χ1v) is 4.86. The van der Waals surface area contributed by atoms with E-state index in [2.05, 4.69) is 0 Å². The van der Waals surface area contributed by atoms with Crippen LogP contribution >= 0.6 is 0 Å². The molecule has 0 heterocycles. The number of methoxy groups -OCH3 is 1. The van der Waals surface area contributed by atoms with Gasteiger partial charge >= 0.3 is 0 Å². The minimum atomic E-state index is -0.506. The second kappa shape index (κ2) is 4.98. The van der Waals surface area contributed by atoms with Gasteiger partial charge in [-0.05, 0) is 18.9 Å². The maximum absolute atomic E-state index is 13.0. The second-order valence-electron chi connectivity index (χ2n) is 3.52. The van der Waals surface area contributed by atoms with E-state index in [1.54, 1.807) is 0 Å². The van der Waals surface area contributed by atoms with Crippen LogP contribution in [0.3, 0.4) is 0 Å². The molecule has 1 unspecified atom stereocenters. The standard InChI is InChI=1S/C11H16FNO2/c1-7(3-4-13)11-9(14)5-8(12)6-10(11)15-2/h5-7,14H,3-4,13H2,1-2H3. The van der Waals surface area contributed by atoms with Gasteiger partial charge in [0.1, 0.15) is 17.3 Å². The van der Waals surface area contributed by atoms with Crippen LogP contribution in [0.25, 0.3) is 0 Å². The zero-order valence-corrected chi connectivity index (χ0v) is 8.96. The number of benzene rings is 1. The summed E-state index contributed by atoms with van der Waals surface area (Å²) >= 11 is 0. The maximum Gasteiger partial charge on any atom is 0.130 e. The molecule has 3 nitrogen and oxygen atoms in total. The van der Waals surface area contributed by atoms with Crippen LogP contribution < -0.4 is 10.5 Å². The van der Waals surface area contributed by atoms with E-state index in [1.165, 1.54) is 13.2 Å². The molecule has 0 radical (unpaired) electrons. The number of ether oxygens (including phenoxy) is 1. The summed E-state index contributed by atoms with van der Waals surface area (Å²) in [5, 5.41) is 9.64. The largest absolute Gasteiger partial charge is 0.507 e.